The molecule has 0 spiro atoms. The maximum atomic E-state index is 12.7. The van der Waals surface area contributed by atoms with E-state index in [1.807, 2.05) is 36.4 Å². The van der Waals surface area contributed by atoms with Crippen molar-refractivity contribution in [2.75, 3.05) is 6.54 Å². The van der Waals surface area contributed by atoms with Crippen LogP contribution in [0.3, 0.4) is 0 Å². The number of benzene rings is 2. The van der Waals surface area contributed by atoms with Crippen LogP contribution in [0.4, 0.5) is 0 Å². The predicted octanol–water partition coefficient (Wildman–Crippen LogP) is 6.43. The van der Waals surface area contributed by atoms with Gasteiger partial charge in [0.05, 0.1) is 4.91 Å². The van der Waals surface area contributed by atoms with Crippen molar-refractivity contribution in [2.24, 2.45) is 5.92 Å². The van der Waals surface area contributed by atoms with Gasteiger partial charge >= 0.3 is 0 Å². The molecule has 3 rings (SSSR count). The molecule has 1 aliphatic rings. The first-order valence-corrected chi connectivity index (χ1v) is 10.7. The van der Waals surface area contributed by atoms with Crippen LogP contribution in [0.5, 0.6) is 5.75 Å². The molecule has 2 aromatic rings. The normalized spacial score (nSPS) is 15.8. The van der Waals surface area contributed by atoms with Gasteiger partial charge in [-0.15, -0.1) is 0 Å². The van der Waals surface area contributed by atoms with Crippen molar-refractivity contribution in [3.8, 4) is 5.75 Å². The van der Waals surface area contributed by atoms with Crippen LogP contribution in [0, 0.1) is 5.92 Å². The number of hydrogen-bond donors (Lipinski definition) is 0. The summed E-state index contributed by atoms with van der Waals surface area (Å²) in [5, 5.41) is 1.14. The van der Waals surface area contributed by atoms with Crippen LogP contribution >= 0.6 is 47.2 Å². The quantitative estimate of drug-likeness (QED) is 0.373. The number of halogens is 2. The zero-order valence-electron chi connectivity index (χ0n) is 15.4. The molecule has 0 aliphatic carbocycles. The van der Waals surface area contributed by atoms with Gasteiger partial charge in [-0.25, -0.2) is 0 Å². The lowest BCUT2D eigenvalue weighted by Crippen LogP contribution is -2.31. The smallest absolute Gasteiger partial charge is 0.266 e. The Morgan fingerprint density at radius 3 is 2.68 bits per heavy atom. The van der Waals surface area contributed by atoms with Gasteiger partial charge in [0.1, 0.15) is 16.7 Å². The fraction of sp³-hybridized carbons (Fsp3) is 0.238. The highest BCUT2D eigenvalue weighted by Gasteiger charge is 2.32. The molecule has 1 saturated heterocycles. The van der Waals surface area contributed by atoms with Gasteiger partial charge in [0.15, 0.2) is 0 Å². The molecule has 0 atom stereocenters. The molecule has 0 bridgehead atoms. The maximum Gasteiger partial charge on any atom is 0.266 e. The molecule has 2 aromatic carbocycles. The first-order chi connectivity index (χ1) is 13.3. The predicted molar refractivity (Wildman–Crippen MR) is 122 cm³/mol. The highest BCUT2D eigenvalue weighted by Crippen LogP contribution is 2.35. The monoisotopic (exact) mass is 451 g/mol. The van der Waals surface area contributed by atoms with Crippen LogP contribution < -0.4 is 4.74 Å². The Hall–Kier alpha value is -1.53. The van der Waals surface area contributed by atoms with Crippen LogP contribution in [0.1, 0.15) is 25.0 Å². The second-order valence-corrected chi connectivity index (χ2v) is 9.27. The Labute approximate surface area is 184 Å². The Balaban J connectivity index is 1.80. The number of rotatable bonds is 6. The fourth-order valence-corrected chi connectivity index (χ4v) is 4.42. The summed E-state index contributed by atoms with van der Waals surface area (Å²) in [4.78, 5) is 15.0. The van der Waals surface area contributed by atoms with Gasteiger partial charge in [-0.2, -0.15) is 0 Å². The number of thiocarbonyl (C=S) groups is 1. The lowest BCUT2D eigenvalue weighted by atomic mass is 10.1. The third-order valence-electron chi connectivity index (χ3n) is 4.03. The summed E-state index contributed by atoms with van der Waals surface area (Å²) in [6.07, 6.45) is 1.83. The van der Waals surface area contributed by atoms with Crippen molar-refractivity contribution < 1.29 is 9.53 Å². The van der Waals surface area contributed by atoms with Crippen molar-refractivity contribution in [1.82, 2.24) is 4.90 Å². The summed E-state index contributed by atoms with van der Waals surface area (Å²) in [6, 6.07) is 12.9. The topological polar surface area (TPSA) is 29.5 Å². The van der Waals surface area contributed by atoms with Crippen LogP contribution in [0.2, 0.25) is 10.0 Å². The molecule has 1 aliphatic heterocycles. The number of hydrogen-bond acceptors (Lipinski definition) is 4. The summed E-state index contributed by atoms with van der Waals surface area (Å²) in [5.41, 5.74) is 1.65. The molecule has 7 heteroatoms. The van der Waals surface area contributed by atoms with E-state index in [1.54, 1.807) is 17.0 Å². The van der Waals surface area contributed by atoms with E-state index in [0.717, 1.165) is 11.1 Å². The molecule has 146 valence electrons. The standard InChI is InChI=1S/C21H19Cl2NO2S2/c1-13(2)11-24-20(25)19(28-21(24)27)9-14-5-3-4-6-18(14)26-12-15-7-8-16(22)10-17(15)23/h3-10,13H,11-12H2,1-2H3/b19-9-. The van der Waals surface area contributed by atoms with E-state index in [2.05, 4.69) is 13.8 Å². The number of ether oxygens (including phenoxy) is 1. The summed E-state index contributed by atoms with van der Waals surface area (Å²) >= 11 is 18.9. The lowest BCUT2D eigenvalue weighted by Gasteiger charge is -2.16. The third-order valence-corrected chi connectivity index (χ3v) is 5.99. The average Bonchev–Trinajstić information content (AvgIpc) is 2.89. The molecule has 0 saturated carbocycles. The second-order valence-electron chi connectivity index (χ2n) is 6.75. The highest BCUT2D eigenvalue weighted by atomic mass is 35.5. The Bertz CT molecular complexity index is 944. The SMILES string of the molecule is CC(C)CN1C(=O)/C(=C/c2ccccc2OCc2ccc(Cl)cc2Cl)SC1=S. The Morgan fingerprint density at radius 1 is 1.21 bits per heavy atom. The molecule has 3 nitrogen and oxygen atoms in total. The van der Waals surface area contributed by atoms with E-state index in [4.69, 9.17) is 40.2 Å². The average molecular weight is 452 g/mol. The largest absolute Gasteiger partial charge is 0.488 e. The molecule has 0 unspecified atom stereocenters. The van der Waals surface area contributed by atoms with E-state index >= 15 is 0 Å². The number of thioether (sulfide) groups is 1. The number of carbonyl (C=O) groups is 1. The molecule has 0 aromatic heterocycles. The van der Waals surface area contributed by atoms with Crippen LogP contribution in [0.25, 0.3) is 6.08 Å². The molecule has 28 heavy (non-hydrogen) atoms. The third kappa shape index (κ3) is 5.09. The first-order valence-electron chi connectivity index (χ1n) is 8.76. The summed E-state index contributed by atoms with van der Waals surface area (Å²) in [7, 11) is 0. The molecular formula is C21H19Cl2NO2S2. The minimum atomic E-state index is -0.0563. The zero-order chi connectivity index (χ0) is 20.3. The molecule has 0 radical (unpaired) electrons. The van der Waals surface area contributed by atoms with Crippen molar-refractivity contribution in [2.45, 2.75) is 20.5 Å². The molecule has 1 amide bonds. The molecular weight excluding hydrogens is 433 g/mol. The maximum absolute atomic E-state index is 12.7. The summed E-state index contributed by atoms with van der Waals surface area (Å²) in [5.74, 6) is 0.962. The minimum Gasteiger partial charge on any atom is -0.488 e. The van der Waals surface area contributed by atoms with Crippen LogP contribution in [0.15, 0.2) is 47.4 Å². The van der Waals surface area contributed by atoms with Gasteiger partial charge in [0, 0.05) is 27.7 Å². The van der Waals surface area contributed by atoms with Crippen LogP contribution in [-0.2, 0) is 11.4 Å². The molecule has 1 heterocycles. The first kappa shape index (κ1) is 21.2. The van der Waals surface area contributed by atoms with Crippen molar-refractivity contribution in [3.63, 3.8) is 0 Å². The minimum absolute atomic E-state index is 0.0563. The van der Waals surface area contributed by atoms with E-state index < -0.39 is 0 Å². The van der Waals surface area contributed by atoms with E-state index in [0.29, 0.717) is 44.1 Å². The van der Waals surface area contributed by atoms with Crippen molar-refractivity contribution in [3.05, 3.63) is 68.5 Å². The van der Waals surface area contributed by atoms with Crippen LogP contribution in [-0.4, -0.2) is 21.7 Å². The highest BCUT2D eigenvalue weighted by molar-refractivity contribution is 8.26. The fourth-order valence-electron chi connectivity index (χ4n) is 2.69. The van der Waals surface area contributed by atoms with Gasteiger partial charge in [-0.3, -0.25) is 9.69 Å². The van der Waals surface area contributed by atoms with Gasteiger partial charge in [-0.1, -0.05) is 85.3 Å². The van der Waals surface area contributed by atoms with Gasteiger partial charge in [0.25, 0.3) is 5.91 Å². The molecule has 1 fully saturated rings. The summed E-state index contributed by atoms with van der Waals surface area (Å²) in [6.45, 7) is 5.05. The second kappa shape index (κ2) is 9.31. The number of amides is 1. The van der Waals surface area contributed by atoms with Crippen molar-refractivity contribution in [1.29, 1.82) is 0 Å². The van der Waals surface area contributed by atoms with E-state index in [9.17, 15) is 4.79 Å². The number of nitrogens with zero attached hydrogens (tertiary/aromatic N) is 1. The number of carbonyl (C=O) groups excluding carboxylic acids is 1. The van der Waals surface area contributed by atoms with E-state index in [1.165, 1.54) is 11.8 Å². The lowest BCUT2D eigenvalue weighted by molar-refractivity contribution is -0.122. The van der Waals surface area contributed by atoms with E-state index in [-0.39, 0.29) is 5.91 Å². The Morgan fingerprint density at radius 2 is 1.96 bits per heavy atom. The zero-order valence-corrected chi connectivity index (χ0v) is 18.6. The summed E-state index contributed by atoms with van der Waals surface area (Å²) < 4.78 is 6.56. The number of para-hydroxylation sites is 1. The molecule has 0 N–H and O–H groups in total. The van der Waals surface area contributed by atoms with Gasteiger partial charge < -0.3 is 4.74 Å². The van der Waals surface area contributed by atoms with Gasteiger partial charge in [0.2, 0.25) is 0 Å². The Kier molecular flexibility index (Phi) is 7.05. The van der Waals surface area contributed by atoms with Gasteiger partial charge in [-0.05, 0) is 30.2 Å². The van der Waals surface area contributed by atoms with Crippen molar-refractivity contribution >= 4 is 63.5 Å².